The lowest BCUT2D eigenvalue weighted by Crippen LogP contribution is -2.19. The van der Waals surface area contributed by atoms with Gasteiger partial charge in [-0.15, -0.1) is 0 Å². The van der Waals surface area contributed by atoms with E-state index in [1.54, 1.807) is 12.1 Å². The number of anilines is 2. The summed E-state index contributed by atoms with van der Waals surface area (Å²) in [5, 5.41) is 15.4. The summed E-state index contributed by atoms with van der Waals surface area (Å²) in [4.78, 5) is 11.8. The predicted molar refractivity (Wildman–Crippen MR) is 82.2 cm³/mol. The van der Waals surface area contributed by atoms with Gasteiger partial charge in [0, 0.05) is 11.1 Å². The van der Waals surface area contributed by atoms with Gasteiger partial charge in [0.05, 0.1) is 21.4 Å². The molecule has 0 aromatic heterocycles. The Bertz CT molecular complexity index is 662. The summed E-state index contributed by atoms with van der Waals surface area (Å²) in [6.07, 6.45) is 0. The van der Waals surface area contributed by atoms with Crippen molar-refractivity contribution in [3.63, 3.8) is 0 Å². The van der Waals surface area contributed by atoms with Gasteiger partial charge in [0.25, 0.3) is 0 Å². The first-order valence-corrected chi connectivity index (χ1v) is 6.60. The van der Waals surface area contributed by atoms with E-state index in [2.05, 4.69) is 10.6 Å². The predicted octanol–water partition coefficient (Wildman–Crippen LogP) is 5.00. The third-order valence-corrected chi connectivity index (χ3v) is 3.25. The maximum atomic E-state index is 11.8. The van der Waals surface area contributed by atoms with Gasteiger partial charge in [0.1, 0.15) is 5.75 Å². The van der Waals surface area contributed by atoms with Crippen molar-refractivity contribution < 1.29 is 9.90 Å². The Balaban J connectivity index is 2.11. The van der Waals surface area contributed by atoms with Gasteiger partial charge in [-0.05, 0) is 30.3 Å². The first-order chi connectivity index (χ1) is 9.45. The van der Waals surface area contributed by atoms with Crippen molar-refractivity contribution in [1.82, 2.24) is 0 Å². The summed E-state index contributed by atoms with van der Waals surface area (Å²) in [6.45, 7) is 0. The molecule has 0 aliphatic rings. The van der Waals surface area contributed by atoms with E-state index in [-0.39, 0.29) is 10.8 Å². The molecule has 0 atom stereocenters. The van der Waals surface area contributed by atoms with E-state index in [1.165, 1.54) is 24.3 Å². The average molecular weight is 332 g/mol. The minimum atomic E-state index is -0.526. The molecule has 0 aliphatic carbocycles. The monoisotopic (exact) mass is 330 g/mol. The van der Waals surface area contributed by atoms with Gasteiger partial charge in [-0.3, -0.25) is 0 Å². The Kier molecular flexibility index (Phi) is 4.60. The minimum Gasteiger partial charge on any atom is -0.508 e. The van der Waals surface area contributed by atoms with E-state index in [9.17, 15) is 9.90 Å². The molecule has 0 spiro atoms. The summed E-state index contributed by atoms with van der Waals surface area (Å²) in [7, 11) is 0. The van der Waals surface area contributed by atoms with E-state index in [1.807, 2.05) is 0 Å². The quantitative estimate of drug-likeness (QED) is 0.678. The molecule has 7 heteroatoms. The van der Waals surface area contributed by atoms with Gasteiger partial charge in [-0.25, -0.2) is 4.79 Å². The Morgan fingerprint density at radius 3 is 2.30 bits per heavy atom. The fourth-order valence-electron chi connectivity index (χ4n) is 1.47. The number of rotatable bonds is 2. The molecule has 2 aromatic rings. The molecular formula is C13H9Cl3N2O2. The second kappa shape index (κ2) is 6.22. The van der Waals surface area contributed by atoms with Crippen molar-refractivity contribution >= 4 is 52.2 Å². The number of phenolic OH excluding ortho intramolecular Hbond substituents is 1. The Morgan fingerprint density at radius 1 is 0.900 bits per heavy atom. The summed E-state index contributed by atoms with van der Waals surface area (Å²) in [5.74, 6) is 0.0128. The van der Waals surface area contributed by atoms with Crippen LogP contribution in [0.15, 0.2) is 36.4 Å². The summed E-state index contributed by atoms with van der Waals surface area (Å²) in [5.41, 5.74) is 0.742. The largest absolute Gasteiger partial charge is 0.508 e. The van der Waals surface area contributed by atoms with E-state index in [0.717, 1.165) is 0 Å². The van der Waals surface area contributed by atoms with Crippen molar-refractivity contribution in [3.8, 4) is 5.75 Å². The average Bonchev–Trinajstić information content (AvgIpc) is 2.37. The lowest BCUT2D eigenvalue weighted by molar-refractivity contribution is 0.262. The number of hydrogen-bond acceptors (Lipinski definition) is 2. The number of urea groups is 1. The molecule has 4 nitrogen and oxygen atoms in total. The van der Waals surface area contributed by atoms with Gasteiger partial charge in [-0.2, -0.15) is 0 Å². The molecule has 3 N–H and O–H groups in total. The zero-order chi connectivity index (χ0) is 14.7. The van der Waals surface area contributed by atoms with Crippen LogP contribution in [-0.4, -0.2) is 11.1 Å². The topological polar surface area (TPSA) is 61.4 Å². The Morgan fingerprint density at radius 2 is 1.60 bits per heavy atom. The molecule has 0 fully saturated rings. The minimum absolute atomic E-state index is 0.0128. The van der Waals surface area contributed by atoms with Crippen LogP contribution in [0.2, 0.25) is 15.1 Å². The Labute approximate surface area is 130 Å². The van der Waals surface area contributed by atoms with Crippen molar-refractivity contribution in [2.24, 2.45) is 0 Å². The third kappa shape index (κ3) is 3.70. The number of benzene rings is 2. The molecule has 104 valence electrons. The summed E-state index contributed by atoms with van der Waals surface area (Å²) >= 11 is 17.6. The van der Waals surface area contributed by atoms with Gasteiger partial charge < -0.3 is 15.7 Å². The van der Waals surface area contributed by atoms with Crippen LogP contribution in [0.1, 0.15) is 0 Å². The molecule has 2 amide bonds. The molecule has 0 heterocycles. The molecule has 2 aromatic carbocycles. The molecule has 0 saturated heterocycles. The zero-order valence-corrected chi connectivity index (χ0v) is 12.2. The van der Waals surface area contributed by atoms with Crippen LogP contribution in [0.25, 0.3) is 0 Å². The SMILES string of the molecule is O=C(Nc1ccc(O)cc1Cl)Nc1cc(Cl)ccc1Cl. The molecule has 0 aliphatic heterocycles. The second-order valence-corrected chi connectivity index (χ2v) is 5.12. The van der Waals surface area contributed by atoms with Gasteiger partial charge in [-0.1, -0.05) is 34.8 Å². The van der Waals surface area contributed by atoms with Gasteiger partial charge in [0.2, 0.25) is 0 Å². The standard InChI is InChI=1S/C13H9Cl3N2O2/c14-7-1-3-9(15)12(5-7)18-13(20)17-11-4-2-8(19)6-10(11)16/h1-6,19H,(H2,17,18,20). The molecule has 0 bridgehead atoms. The lowest BCUT2D eigenvalue weighted by atomic mass is 10.3. The number of nitrogens with one attached hydrogen (secondary N) is 2. The first kappa shape index (κ1) is 14.8. The maximum Gasteiger partial charge on any atom is 0.323 e. The van der Waals surface area contributed by atoms with Crippen LogP contribution in [0, 0.1) is 0 Å². The Hall–Kier alpha value is -1.62. The van der Waals surface area contributed by atoms with Crippen LogP contribution in [0.4, 0.5) is 16.2 Å². The van der Waals surface area contributed by atoms with Crippen molar-refractivity contribution in [2.75, 3.05) is 10.6 Å². The van der Waals surface area contributed by atoms with E-state index in [4.69, 9.17) is 34.8 Å². The van der Waals surface area contributed by atoms with E-state index in [0.29, 0.717) is 21.4 Å². The highest BCUT2D eigenvalue weighted by atomic mass is 35.5. The zero-order valence-electron chi connectivity index (χ0n) is 9.95. The lowest BCUT2D eigenvalue weighted by Gasteiger charge is -2.10. The highest BCUT2D eigenvalue weighted by Gasteiger charge is 2.09. The molecular weight excluding hydrogens is 323 g/mol. The van der Waals surface area contributed by atoms with Crippen LogP contribution in [0.5, 0.6) is 5.75 Å². The normalized spacial score (nSPS) is 10.2. The maximum absolute atomic E-state index is 11.8. The smallest absolute Gasteiger partial charge is 0.323 e. The van der Waals surface area contributed by atoms with Crippen molar-refractivity contribution in [1.29, 1.82) is 0 Å². The van der Waals surface area contributed by atoms with Crippen molar-refractivity contribution in [2.45, 2.75) is 0 Å². The van der Waals surface area contributed by atoms with Gasteiger partial charge >= 0.3 is 6.03 Å². The van der Waals surface area contributed by atoms with Crippen LogP contribution < -0.4 is 10.6 Å². The second-order valence-electron chi connectivity index (χ2n) is 3.87. The fraction of sp³-hybridized carbons (Fsp3) is 0. The van der Waals surface area contributed by atoms with Crippen LogP contribution in [0.3, 0.4) is 0 Å². The first-order valence-electron chi connectivity index (χ1n) is 5.47. The third-order valence-electron chi connectivity index (χ3n) is 2.38. The highest BCUT2D eigenvalue weighted by molar-refractivity contribution is 6.36. The van der Waals surface area contributed by atoms with Crippen LogP contribution in [-0.2, 0) is 0 Å². The molecule has 2 rings (SSSR count). The number of carbonyl (C=O) groups excluding carboxylic acids is 1. The molecule has 0 saturated carbocycles. The number of amides is 2. The number of phenols is 1. The van der Waals surface area contributed by atoms with Gasteiger partial charge in [0.15, 0.2) is 0 Å². The number of carbonyl (C=O) groups is 1. The fourth-order valence-corrected chi connectivity index (χ4v) is 2.03. The molecule has 20 heavy (non-hydrogen) atoms. The summed E-state index contributed by atoms with van der Waals surface area (Å²) in [6, 6.07) is 8.41. The highest BCUT2D eigenvalue weighted by Crippen LogP contribution is 2.28. The molecule has 0 radical (unpaired) electrons. The van der Waals surface area contributed by atoms with Crippen molar-refractivity contribution in [3.05, 3.63) is 51.5 Å². The number of aromatic hydroxyl groups is 1. The van der Waals surface area contributed by atoms with E-state index < -0.39 is 6.03 Å². The summed E-state index contributed by atoms with van der Waals surface area (Å²) < 4.78 is 0. The van der Waals surface area contributed by atoms with Crippen LogP contribution >= 0.6 is 34.8 Å². The number of hydrogen-bond donors (Lipinski definition) is 3. The number of halogens is 3. The molecule has 0 unspecified atom stereocenters. The van der Waals surface area contributed by atoms with E-state index >= 15 is 0 Å².